The molecule has 0 aromatic heterocycles. The van der Waals surface area contributed by atoms with E-state index in [9.17, 15) is 0 Å². The fourth-order valence-corrected chi connectivity index (χ4v) is 20.6. The minimum atomic E-state index is 0. The van der Waals surface area contributed by atoms with Gasteiger partial charge in [-0.25, -0.2) is 0 Å². The number of nitrogens with zero attached hydrogens (tertiary/aromatic N) is 4. The molecular formula is C124H184MoN4S8. The normalized spacial score (nSPS) is 10.9. The number of anilines is 8. The van der Waals surface area contributed by atoms with E-state index in [0.29, 0.717) is 17.3 Å². The second-order valence-corrected chi connectivity index (χ2v) is 42.5. The quantitative estimate of drug-likeness (QED) is 0.0156. The molecule has 137 heavy (non-hydrogen) atoms. The third kappa shape index (κ3) is 52.8. The predicted molar refractivity (Wildman–Crippen MR) is 634 cm³/mol. The SMILES string of the molecule is CCCCCCCCCc1ccccc1N(C(=S)[S-])c1ccccc1CCCCCCCCC.CCCCCCCCCc1ccccc1N(C(=S)[S-])c1ccccc1CCCCCCCCC.CCCCCCCCCc1ccccc1N(C(=S)[S-])c1ccccc1CCCCCCCCC.CCCCCCCCCc1ccccc1N(C(=S)[S-])c1ccccc1CCCCCCCCC.[Mo+4]. The molecule has 0 aliphatic carbocycles. The first kappa shape index (κ1) is 124. The van der Waals surface area contributed by atoms with Gasteiger partial charge in [-0.05, 0) is 196 Å². The molecule has 8 rings (SSSR count). The van der Waals surface area contributed by atoms with Gasteiger partial charge in [0.25, 0.3) is 0 Å². The summed E-state index contributed by atoms with van der Waals surface area (Å²) in [4.78, 5) is 8.60. The summed E-state index contributed by atoms with van der Waals surface area (Å²) in [7, 11) is 0. The van der Waals surface area contributed by atoms with E-state index in [1.807, 2.05) is 0 Å². The number of unbranched alkanes of at least 4 members (excludes halogenated alkanes) is 48. The third-order valence-electron chi connectivity index (χ3n) is 27.0. The van der Waals surface area contributed by atoms with Gasteiger partial charge in [-0.15, -0.1) is 0 Å². The van der Waals surface area contributed by atoms with Crippen molar-refractivity contribution in [3.63, 3.8) is 0 Å². The minimum absolute atomic E-state index is 0. The standard InChI is InChI=1S/4C31H47NS2.Mo/c4*1-3-5-7-9-11-13-15-21-27-23-17-19-25-29(27)32(31(33)34)30-26-20-18-24-28(30)22-16-14-12-10-8-6-4-2;/h4*17-20,23-26H,3-16,21-22H2,1-2H3,(H,33,34);/q;;;;+4/p-4. The first-order valence-electron chi connectivity index (χ1n) is 55.4. The van der Waals surface area contributed by atoms with Crippen molar-refractivity contribution in [3.05, 3.63) is 239 Å². The fraction of sp³-hybridized carbons (Fsp3) is 0.581. The van der Waals surface area contributed by atoms with Gasteiger partial charge in [0.05, 0.1) is 0 Å². The van der Waals surface area contributed by atoms with Gasteiger partial charge in [0.15, 0.2) is 0 Å². The maximum Gasteiger partial charge on any atom is 4.00 e. The van der Waals surface area contributed by atoms with E-state index in [1.54, 1.807) is 0 Å². The van der Waals surface area contributed by atoms with Crippen molar-refractivity contribution >= 4 is 162 Å². The van der Waals surface area contributed by atoms with Crippen molar-refractivity contribution in [2.45, 2.75) is 466 Å². The van der Waals surface area contributed by atoms with Crippen molar-refractivity contribution in [3.8, 4) is 0 Å². The molecule has 0 aliphatic heterocycles. The Hall–Kier alpha value is -5.11. The number of rotatable bonds is 72. The van der Waals surface area contributed by atoms with Crippen LogP contribution in [0.1, 0.15) is 459 Å². The van der Waals surface area contributed by atoms with Crippen LogP contribution in [-0.4, -0.2) is 17.3 Å². The Morgan fingerprint density at radius 1 is 0.153 bits per heavy atom. The number of para-hydroxylation sites is 8. The van der Waals surface area contributed by atoms with Crippen LogP contribution in [0.4, 0.5) is 45.5 Å². The summed E-state index contributed by atoms with van der Waals surface area (Å²) < 4.78 is 2.05. The number of aryl methyl sites for hydroxylation is 8. The van der Waals surface area contributed by atoms with Crippen molar-refractivity contribution in [1.29, 1.82) is 0 Å². The summed E-state index contributed by atoms with van der Waals surface area (Å²) in [6.45, 7) is 18.2. The largest absolute Gasteiger partial charge is 4.00 e. The van der Waals surface area contributed by atoms with E-state index in [1.165, 1.54) is 450 Å². The zero-order valence-electron chi connectivity index (χ0n) is 87.2. The van der Waals surface area contributed by atoms with Crippen molar-refractivity contribution in [2.75, 3.05) is 19.6 Å². The summed E-state index contributed by atoms with van der Waals surface area (Å²) in [6, 6.07) is 69.7. The van der Waals surface area contributed by atoms with Crippen LogP contribution in [-0.2, 0) is 123 Å². The molecule has 0 saturated heterocycles. The molecule has 0 spiro atoms. The molecule has 0 radical (unpaired) electrons. The summed E-state index contributed by atoms with van der Waals surface area (Å²) >= 11 is 45.0. The number of benzene rings is 8. The van der Waals surface area contributed by atoms with Crippen LogP contribution < -0.4 is 19.6 Å². The molecule has 8 aromatic carbocycles. The zero-order chi connectivity index (χ0) is 97.7. The van der Waals surface area contributed by atoms with Gasteiger partial charge in [-0.2, -0.15) is 0 Å². The summed E-state index contributed by atoms with van der Waals surface area (Å²) in [5.41, 5.74) is 20.2. The smallest absolute Gasteiger partial charge is 0.411 e. The molecule has 0 saturated carbocycles. The second-order valence-electron chi connectivity index (χ2n) is 38.4. The van der Waals surface area contributed by atoms with Gasteiger partial charge >= 0.3 is 21.1 Å². The summed E-state index contributed by atoms with van der Waals surface area (Å²) in [5.74, 6) is 0. The maximum atomic E-state index is 5.63. The third-order valence-corrected chi connectivity index (χ3v) is 28.4. The Balaban J connectivity index is 0.000000381. The average molecular weight is 2080 g/mol. The van der Waals surface area contributed by atoms with Gasteiger partial charge in [0, 0.05) is 45.5 Å². The molecular weight excluding hydrogens is 1900 g/mol. The van der Waals surface area contributed by atoms with Crippen molar-refractivity contribution in [2.24, 2.45) is 0 Å². The minimum Gasteiger partial charge on any atom is -0.411 e. The van der Waals surface area contributed by atoms with E-state index in [4.69, 9.17) is 99.4 Å². The Labute approximate surface area is 899 Å². The van der Waals surface area contributed by atoms with E-state index < -0.39 is 0 Å². The topological polar surface area (TPSA) is 13.0 Å². The van der Waals surface area contributed by atoms with Crippen LogP contribution in [0, 0.1) is 0 Å². The van der Waals surface area contributed by atoms with Gasteiger partial charge in [0.1, 0.15) is 0 Å². The van der Waals surface area contributed by atoms with Gasteiger partial charge in [-0.3, -0.25) is 0 Å². The van der Waals surface area contributed by atoms with Gasteiger partial charge in [-0.1, -0.05) is 526 Å². The summed E-state index contributed by atoms with van der Waals surface area (Å²) in [5, 5.41) is 0. The van der Waals surface area contributed by atoms with Crippen LogP contribution >= 0.6 is 48.9 Å². The van der Waals surface area contributed by atoms with E-state index in [-0.39, 0.29) is 21.1 Å². The Morgan fingerprint density at radius 3 is 0.336 bits per heavy atom. The number of thiocarbonyl (C=S) groups is 4. The van der Waals surface area contributed by atoms with Crippen LogP contribution in [0.5, 0.6) is 0 Å². The fourth-order valence-electron chi connectivity index (χ4n) is 19.0. The predicted octanol–water partition coefficient (Wildman–Crippen LogP) is 41.0. The Kier molecular flexibility index (Phi) is 75.4. The van der Waals surface area contributed by atoms with E-state index in [2.05, 4.69) is 269 Å². The van der Waals surface area contributed by atoms with Gasteiger partial charge in [0.2, 0.25) is 0 Å². The molecule has 0 heterocycles. The van der Waals surface area contributed by atoms with Crippen molar-refractivity contribution in [1.82, 2.24) is 0 Å². The average Bonchev–Trinajstić information content (AvgIpc) is 0.816. The summed E-state index contributed by atoms with van der Waals surface area (Å²) in [6.07, 6.45) is 82.9. The molecule has 0 N–H and O–H groups in total. The molecule has 0 unspecified atom stereocenters. The van der Waals surface area contributed by atoms with Crippen LogP contribution in [0.3, 0.4) is 0 Å². The molecule has 13 heteroatoms. The number of hydrogen-bond acceptors (Lipinski definition) is 8. The second kappa shape index (κ2) is 83.2. The van der Waals surface area contributed by atoms with Crippen molar-refractivity contribution < 1.29 is 21.1 Å². The molecule has 0 fully saturated rings. The molecule has 0 atom stereocenters. The monoisotopic (exact) mass is 2080 g/mol. The molecule has 0 amide bonds. The van der Waals surface area contributed by atoms with Crippen LogP contribution in [0.15, 0.2) is 194 Å². The van der Waals surface area contributed by atoms with E-state index >= 15 is 0 Å². The maximum absolute atomic E-state index is 5.63. The first-order valence-corrected chi connectivity index (χ1v) is 58.7. The van der Waals surface area contributed by atoms with E-state index in [0.717, 1.165) is 51.4 Å². The zero-order valence-corrected chi connectivity index (χ0v) is 95.7. The molecule has 8 aromatic rings. The molecule has 0 bridgehead atoms. The molecule has 0 aliphatic rings. The number of hydrogen-bond donors (Lipinski definition) is 0. The van der Waals surface area contributed by atoms with Gasteiger partial charge < -0.3 is 119 Å². The van der Waals surface area contributed by atoms with Crippen LogP contribution in [0.25, 0.3) is 0 Å². The molecule has 4 nitrogen and oxygen atoms in total. The van der Waals surface area contributed by atoms with Crippen LogP contribution in [0.2, 0.25) is 0 Å². The Bertz CT molecular complexity index is 3580. The molecule has 754 valence electrons. The Morgan fingerprint density at radius 2 is 0.241 bits per heavy atom. The first-order chi connectivity index (χ1) is 66.7.